The summed E-state index contributed by atoms with van der Waals surface area (Å²) in [6.45, 7) is 10.6. The van der Waals surface area contributed by atoms with Crippen molar-refractivity contribution < 1.29 is 22.3 Å². The summed E-state index contributed by atoms with van der Waals surface area (Å²) >= 11 is 0. The number of carbonyl (C=O) groups excluding carboxylic acids is 1. The summed E-state index contributed by atoms with van der Waals surface area (Å²) in [4.78, 5) is 14.5. The third kappa shape index (κ3) is 6.77. The Hall–Kier alpha value is -1.47. The number of hydrogen-bond acceptors (Lipinski definition) is 5. The summed E-state index contributed by atoms with van der Waals surface area (Å²) in [5, 5.41) is -0.364. The molecule has 0 aromatic heterocycles. The number of nitrogens with zero attached hydrogens (tertiary/aromatic N) is 1. The number of carbonyl (C=O) groups is 1. The van der Waals surface area contributed by atoms with Crippen LogP contribution in [0.15, 0.2) is 12.1 Å². The Morgan fingerprint density at radius 2 is 1.80 bits per heavy atom. The number of ether oxygens (including phenoxy) is 1. The molecule has 1 aliphatic rings. The zero-order valence-electron chi connectivity index (χ0n) is 18.9. The highest BCUT2D eigenvalue weighted by Gasteiger charge is 2.25. The van der Waals surface area contributed by atoms with E-state index in [1.54, 1.807) is 26.8 Å². The van der Waals surface area contributed by atoms with E-state index in [9.17, 15) is 17.6 Å². The van der Waals surface area contributed by atoms with Gasteiger partial charge in [0.15, 0.2) is 9.84 Å². The second-order valence-corrected chi connectivity index (χ2v) is 11.5. The number of ketones is 1. The minimum atomic E-state index is -3.02. The van der Waals surface area contributed by atoms with E-state index in [0.29, 0.717) is 36.8 Å². The highest BCUT2D eigenvalue weighted by molar-refractivity contribution is 7.91. The number of morpholine rings is 1. The molecule has 1 aromatic rings. The zero-order chi connectivity index (χ0) is 22.5. The first-order valence-electron chi connectivity index (χ1n) is 10.9. The Labute approximate surface area is 180 Å². The molecule has 1 aliphatic heterocycles. The first kappa shape index (κ1) is 24.8. The Kier molecular flexibility index (Phi) is 8.85. The molecule has 170 valence electrons. The maximum absolute atomic E-state index is 14.9. The van der Waals surface area contributed by atoms with Gasteiger partial charge in [0.05, 0.1) is 23.2 Å². The number of rotatable bonds is 10. The Morgan fingerprint density at radius 3 is 2.40 bits per heavy atom. The summed E-state index contributed by atoms with van der Waals surface area (Å²) < 4.78 is 44.3. The van der Waals surface area contributed by atoms with E-state index in [2.05, 4.69) is 4.90 Å². The van der Waals surface area contributed by atoms with Gasteiger partial charge in [0, 0.05) is 37.2 Å². The van der Waals surface area contributed by atoms with Crippen molar-refractivity contribution in [2.45, 2.75) is 84.2 Å². The highest BCUT2D eigenvalue weighted by Crippen LogP contribution is 2.28. The lowest BCUT2D eigenvalue weighted by Gasteiger charge is -2.37. The summed E-state index contributed by atoms with van der Waals surface area (Å²) in [6.07, 6.45) is 2.49. The Morgan fingerprint density at radius 1 is 1.17 bits per heavy atom. The van der Waals surface area contributed by atoms with Gasteiger partial charge in [0.1, 0.15) is 11.6 Å². The number of benzene rings is 1. The van der Waals surface area contributed by atoms with Gasteiger partial charge in [-0.2, -0.15) is 0 Å². The fraction of sp³-hybridized carbons (Fsp3) is 0.696. The maximum Gasteiger partial charge on any atom is 0.152 e. The number of halogens is 1. The number of sulfone groups is 1. The third-order valence-electron chi connectivity index (χ3n) is 5.69. The van der Waals surface area contributed by atoms with Gasteiger partial charge in [-0.25, -0.2) is 12.8 Å². The molecular formula is C23H36FNO4S. The van der Waals surface area contributed by atoms with E-state index < -0.39 is 9.84 Å². The number of hydrogen-bond donors (Lipinski definition) is 0. The molecule has 30 heavy (non-hydrogen) atoms. The van der Waals surface area contributed by atoms with E-state index in [4.69, 9.17) is 4.74 Å². The van der Waals surface area contributed by atoms with E-state index >= 15 is 0 Å². The standard InChI is InChI=1S/C23H36FNO4S/c1-16(2)30(27,28)12-8-6-7-9-21(26)13-20-10-11-22(19(5)23(20)24)25-14-17(3)29-18(4)15-25/h10-11,16-18H,6-9,12-15H2,1-5H3/t17-,18+. The van der Waals surface area contributed by atoms with Gasteiger partial charge in [-0.3, -0.25) is 4.79 Å². The van der Waals surface area contributed by atoms with Crippen molar-refractivity contribution in [2.24, 2.45) is 0 Å². The lowest BCUT2D eigenvalue weighted by molar-refractivity contribution is -0.118. The molecule has 2 atom stereocenters. The van der Waals surface area contributed by atoms with Gasteiger partial charge in [0.2, 0.25) is 0 Å². The molecule has 0 radical (unpaired) electrons. The smallest absolute Gasteiger partial charge is 0.152 e. The molecule has 0 amide bonds. The fourth-order valence-corrected chi connectivity index (χ4v) is 5.00. The van der Waals surface area contributed by atoms with Crippen molar-refractivity contribution in [3.05, 3.63) is 29.1 Å². The van der Waals surface area contributed by atoms with Crippen LogP contribution in [-0.4, -0.2) is 50.5 Å². The molecule has 1 saturated heterocycles. The van der Waals surface area contributed by atoms with Gasteiger partial charge < -0.3 is 9.64 Å². The molecule has 0 aliphatic carbocycles. The third-order valence-corrected chi connectivity index (χ3v) is 7.98. The number of Topliss-reactive ketones (excluding diaryl/α,β-unsaturated/α-hetero) is 1. The van der Waals surface area contributed by atoms with Crippen molar-refractivity contribution in [2.75, 3.05) is 23.7 Å². The zero-order valence-corrected chi connectivity index (χ0v) is 19.7. The minimum Gasteiger partial charge on any atom is -0.372 e. The van der Waals surface area contributed by atoms with Gasteiger partial charge in [-0.1, -0.05) is 12.5 Å². The Balaban J connectivity index is 1.88. The lowest BCUT2D eigenvalue weighted by atomic mass is 10.00. The molecule has 0 N–H and O–H groups in total. The lowest BCUT2D eigenvalue weighted by Crippen LogP contribution is -2.45. The van der Waals surface area contributed by atoms with Crippen LogP contribution in [0.25, 0.3) is 0 Å². The van der Waals surface area contributed by atoms with E-state index in [-0.39, 0.29) is 41.2 Å². The fourth-order valence-electron chi connectivity index (χ4n) is 3.92. The predicted octanol–water partition coefficient (Wildman–Crippen LogP) is 4.24. The normalized spacial score (nSPS) is 20.0. The quantitative estimate of drug-likeness (QED) is 0.508. The van der Waals surface area contributed by atoms with Crippen molar-refractivity contribution in [1.82, 2.24) is 0 Å². The van der Waals surface area contributed by atoms with Gasteiger partial charge in [0.25, 0.3) is 0 Å². The van der Waals surface area contributed by atoms with E-state index in [0.717, 1.165) is 18.8 Å². The maximum atomic E-state index is 14.9. The molecule has 0 unspecified atom stereocenters. The van der Waals surface area contributed by atoms with Crippen LogP contribution in [-0.2, 0) is 25.8 Å². The molecule has 2 rings (SSSR count). The summed E-state index contributed by atoms with van der Waals surface area (Å²) in [5.74, 6) is -0.163. The molecule has 1 aromatic carbocycles. The largest absolute Gasteiger partial charge is 0.372 e. The molecule has 5 nitrogen and oxygen atoms in total. The Bertz CT molecular complexity index is 828. The second kappa shape index (κ2) is 10.7. The number of anilines is 1. The summed E-state index contributed by atoms with van der Waals surface area (Å²) in [6, 6.07) is 3.62. The molecule has 0 saturated carbocycles. The van der Waals surface area contributed by atoms with Crippen LogP contribution in [0.4, 0.5) is 10.1 Å². The average molecular weight is 442 g/mol. The topological polar surface area (TPSA) is 63.7 Å². The second-order valence-electron chi connectivity index (χ2n) is 8.79. The van der Waals surface area contributed by atoms with Crippen molar-refractivity contribution in [3.8, 4) is 0 Å². The van der Waals surface area contributed by atoms with Crippen LogP contribution in [0.2, 0.25) is 0 Å². The molecule has 0 spiro atoms. The van der Waals surface area contributed by atoms with Crippen LogP contribution in [0.1, 0.15) is 64.5 Å². The van der Waals surface area contributed by atoms with Crippen molar-refractivity contribution in [3.63, 3.8) is 0 Å². The highest BCUT2D eigenvalue weighted by atomic mass is 32.2. The first-order chi connectivity index (χ1) is 14.0. The van der Waals surface area contributed by atoms with Gasteiger partial charge in [-0.15, -0.1) is 0 Å². The monoisotopic (exact) mass is 441 g/mol. The number of unbranched alkanes of at least 4 members (excludes halogenated alkanes) is 2. The van der Waals surface area contributed by atoms with Gasteiger partial charge in [-0.05, 0) is 59.1 Å². The molecule has 1 heterocycles. The van der Waals surface area contributed by atoms with Crippen LogP contribution < -0.4 is 4.90 Å². The molecule has 7 heteroatoms. The average Bonchev–Trinajstić information content (AvgIpc) is 2.64. The molecule has 0 bridgehead atoms. The summed E-state index contributed by atoms with van der Waals surface area (Å²) in [7, 11) is -3.02. The summed E-state index contributed by atoms with van der Waals surface area (Å²) in [5.41, 5.74) is 1.86. The van der Waals surface area contributed by atoms with Crippen LogP contribution in [0, 0.1) is 12.7 Å². The SMILES string of the molecule is Cc1c(N2C[C@@H](C)O[C@@H](C)C2)ccc(CC(=O)CCCCCS(=O)(=O)C(C)C)c1F. The van der Waals surface area contributed by atoms with Crippen molar-refractivity contribution >= 4 is 21.3 Å². The van der Waals surface area contributed by atoms with Crippen molar-refractivity contribution in [1.29, 1.82) is 0 Å². The van der Waals surface area contributed by atoms with E-state index in [1.807, 2.05) is 19.9 Å². The minimum absolute atomic E-state index is 0.0126. The van der Waals surface area contributed by atoms with E-state index in [1.165, 1.54) is 0 Å². The predicted molar refractivity (Wildman–Crippen MR) is 119 cm³/mol. The first-order valence-corrected chi connectivity index (χ1v) is 12.6. The molecule has 1 fully saturated rings. The van der Waals surface area contributed by atoms with Crippen LogP contribution in [0.5, 0.6) is 0 Å². The van der Waals surface area contributed by atoms with Crippen LogP contribution in [0.3, 0.4) is 0 Å². The van der Waals surface area contributed by atoms with Gasteiger partial charge >= 0.3 is 0 Å². The van der Waals surface area contributed by atoms with Crippen LogP contribution >= 0.6 is 0 Å². The molecular weight excluding hydrogens is 405 g/mol.